The van der Waals surface area contributed by atoms with Crippen molar-refractivity contribution in [1.29, 1.82) is 0 Å². The summed E-state index contributed by atoms with van der Waals surface area (Å²) >= 11 is 0. The Kier molecular flexibility index (Phi) is 7.13. The number of aliphatic hydroxyl groups is 1. The van der Waals surface area contributed by atoms with Gasteiger partial charge in [-0.05, 0) is 57.3 Å². The zero-order valence-electron chi connectivity index (χ0n) is 22.2. The predicted octanol–water partition coefficient (Wildman–Crippen LogP) is 2.96. The van der Waals surface area contributed by atoms with E-state index < -0.39 is 17.7 Å². The molecule has 1 aliphatic rings. The van der Waals surface area contributed by atoms with E-state index in [1.807, 2.05) is 55.6 Å². The number of pyridine rings is 1. The van der Waals surface area contributed by atoms with E-state index in [1.165, 1.54) is 26.2 Å². The monoisotopic (exact) mass is 508 g/mol. The van der Waals surface area contributed by atoms with E-state index >= 15 is 0 Å². The molecule has 0 bridgehead atoms. The molecule has 37 heavy (non-hydrogen) atoms. The molecule has 1 saturated heterocycles. The number of aromatic nitrogens is 2. The van der Waals surface area contributed by atoms with Crippen LogP contribution in [0.15, 0.2) is 36.0 Å². The van der Waals surface area contributed by atoms with Gasteiger partial charge in [-0.2, -0.15) is 0 Å². The number of imidazole rings is 1. The minimum atomic E-state index is -0.890. The van der Waals surface area contributed by atoms with Crippen molar-refractivity contribution in [2.45, 2.75) is 19.9 Å². The van der Waals surface area contributed by atoms with E-state index in [0.717, 1.165) is 5.56 Å². The molecule has 0 saturated carbocycles. The number of carbonyl (C=O) groups is 2. The van der Waals surface area contributed by atoms with Gasteiger partial charge in [0, 0.05) is 19.3 Å². The molecule has 1 atom stereocenters. The number of hydrogen-bond acceptors (Lipinski definition) is 8. The topological polar surface area (TPSA) is 106 Å². The molecular weight excluding hydrogens is 476 g/mol. The van der Waals surface area contributed by atoms with Crippen molar-refractivity contribution in [2.75, 3.05) is 48.5 Å². The second kappa shape index (κ2) is 10.1. The summed E-state index contributed by atoms with van der Waals surface area (Å²) in [5.74, 6) is -0.678. The van der Waals surface area contributed by atoms with Crippen molar-refractivity contribution in [2.24, 2.45) is 0 Å². The highest BCUT2D eigenvalue weighted by Gasteiger charge is 2.47. The Hall–Kier alpha value is -4.05. The number of rotatable bonds is 8. The van der Waals surface area contributed by atoms with Gasteiger partial charge >= 0.3 is 0 Å². The second-order valence-electron chi connectivity index (χ2n) is 9.19. The van der Waals surface area contributed by atoms with Gasteiger partial charge in [0.1, 0.15) is 11.3 Å². The van der Waals surface area contributed by atoms with Gasteiger partial charge in [-0.3, -0.25) is 9.59 Å². The third-order valence-corrected chi connectivity index (χ3v) is 6.64. The zero-order chi connectivity index (χ0) is 27.0. The third kappa shape index (κ3) is 4.37. The quantitative estimate of drug-likeness (QED) is 0.281. The van der Waals surface area contributed by atoms with E-state index in [-0.39, 0.29) is 23.6 Å². The predicted molar refractivity (Wildman–Crippen MR) is 138 cm³/mol. The molecule has 0 aliphatic carbocycles. The van der Waals surface area contributed by atoms with Crippen LogP contribution in [0.4, 0.5) is 0 Å². The number of likely N-dealkylation sites (tertiary alicyclic amines) is 1. The van der Waals surface area contributed by atoms with Crippen LogP contribution in [-0.4, -0.2) is 84.5 Å². The van der Waals surface area contributed by atoms with Crippen LogP contribution >= 0.6 is 0 Å². The van der Waals surface area contributed by atoms with Crippen molar-refractivity contribution < 1.29 is 28.9 Å². The summed E-state index contributed by atoms with van der Waals surface area (Å²) in [5.41, 5.74) is 2.97. The normalized spacial score (nSPS) is 17.2. The van der Waals surface area contributed by atoms with Crippen molar-refractivity contribution in [3.63, 3.8) is 0 Å². The van der Waals surface area contributed by atoms with Gasteiger partial charge in [0.25, 0.3) is 11.7 Å². The van der Waals surface area contributed by atoms with Crippen LogP contribution < -0.4 is 14.2 Å². The fourth-order valence-corrected chi connectivity index (χ4v) is 4.70. The number of benzene rings is 1. The number of ketones is 1. The molecule has 0 spiro atoms. The highest BCUT2D eigenvalue weighted by atomic mass is 16.5. The summed E-state index contributed by atoms with van der Waals surface area (Å²) in [7, 11) is 8.25. The molecule has 10 heteroatoms. The Bertz CT molecular complexity index is 1380. The number of likely N-dealkylation sites (N-methyl/N-ethyl adjacent to an activating group) is 1. The Balaban J connectivity index is 1.98. The number of amides is 1. The van der Waals surface area contributed by atoms with Crippen LogP contribution in [0.2, 0.25) is 0 Å². The molecule has 0 radical (unpaired) electrons. The largest absolute Gasteiger partial charge is 0.505 e. The molecule has 1 unspecified atom stereocenters. The van der Waals surface area contributed by atoms with Crippen molar-refractivity contribution in [3.8, 4) is 17.2 Å². The second-order valence-corrected chi connectivity index (χ2v) is 9.19. The van der Waals surface area contributed by atoms with Crippen LogP contribution in [0.25, 0.3) is 11.4 Å². The molecule has 1 aromatic carbocycles. The number of carbonyl (C=O) groups excluding carboxylic acids is 2. The number of nitrogens with zero attached hydrogens (tertiary/aromatic N) is 4. The lowest BCUT2D eigenvalue weighted by Crippen LogP contribution is -2.35. The van der Waals surface area contributed by atoms with Crippen LogP contribution in [0.5, 0.6) is 17.2 Å². The summed E-state index contributed by atoms with van der Waals surface area (Å²) in [6, 6.07) is 6.29. The smallest absolute Gasteiger partial charge is 0.295 e. The molecule has 1 amide bonds. The minimum Gasteiger partial charge on any atom is -0.505 e. The molecule has 1 N–H and O–H groups in total. The standard InChI is InChI=1S/C27H32N4O6/c1-15-9-8-10-30-16(2)21(28-26(15)30)23(32)20-22(31(12-11-29(3)4)27(34)24(20)33)17-13-18(35-5)25(37-7)19(14-17)36-6/h8-10,13-14,22,32H,11-12H2,1-7H3/b23-20+. The first-order valence-corrected chi connectivity index (χ1v) is 11.8. The first kappa shape index (κ1) is 26.0. The molecule has 1 aliphatic heterocycles. The van der Waals surface area contributed by atoms with E-state index in [0.29, 0.717) is 40.7 Å². The molecule has 10 nitrogen and oxygen atoms in total. The molecule has 196 valence electrons. The van der Waals surface area contributed by atoms with Gasteiger partial charge in [0.15, 0.2) is 17.3 Å². The Morgan fingerprint density at radius 1 is 1.08 bits per heavy atom. The van der Waals surface area contributed by atoms with Gasteiger partial charge in [0.2, 0.25) is 5.75 Å². The molecule has 3 aromatic rings. The number of aliphatic hydroxyl groups excluding tert-OH is 1. The number of ether oxygens (including phenoxy) is 3. The van der Waals surface area contributed by atoms with Gasteiger partial charge in [-0.15, -0.1) is 0 Å². The average Bonchev–Trinajstić information content (AvgIpc) is 3.35. The molecule has 4 rings (SSSR count). The number of hydrogen-bond donors (Lipinski definition) is 1. The van der Waals surface area contributed by atoms with Crippen molar-refractivity contribution >= 4 is 23.1 Å². The van der Waals surface area contributed by atoms with Gasteiger partial charge < -0.3 is 33.5 Å². The maximum absolute atomic E-state index is 13.4. The maximum atomic E-state index is 13.4. The minimum absolute atomic E-state index is 0.0396. The van der Waals surface area contributed by atoms with Crippen LogP contribution in [0.1, 0.15) is 28.6 Å². The lowest BCUT2D eigenvalue weighted by molar-refractivity contribution is -0.140. The first-order valence-electron chi connectivity index (χ1n) is 11.8. The third-order valence-electron chi connectivity index (χ3n) is 6.64. The molecule has 2 aromatic heterocycles. The lowest BCUT2D eigenvalue weighted by atomic mass is 9.95. The Morgan fingerprint density at radius 3 is 2.27 bits per heavy atom. The van der Waals surface area contributed by atoms with Gasteiger partial charge in [-0.25, -0.2) is 4.98 Å². The SMILES string of the molecule is COc1cc(C2/C(=C(\O)c3nc4c(C)cccn4c3C)C(=O)C(=O)N2CCN(C)C)cc(OC)c1OC. The van der Waals surface area contributed by atoms with E-state index in [2.05, 4.69) is 4.98 Å². The summed E-state index contributed by atoms with van der Waals surface area (Å²) in [6.45, 7) is 4.51. The molecule has 1 fully saturated rings. The number of aryl methyl sites for hydroxylation is 2. The molecular formula is C27H32N4O6. The highest BCUT2D eigenvalue weighted by molar-refractivity contribution is 6.46. The van der Waals surface area contributed by atoms with Gasteiger partial charge in [0.05, 0.1) is 38.6 Å². The Morgan fingerprint density at radius 2 is 1.73 bits per heavy atom. The number of methoxy groups -OCH3 is 3. The van der Waals surface area contributed by atoms with Crippen molar-refractivity contribution in [3.05, 3.63) is 58.6 Å². The van der Waals surface area contributed by atoms with E-state index in [9.17, 15) is 14.7 Å². The van der Waals surface area contributed by atoms with Crippen molar-refractivity contribution in [1.82, 2.24) is 19.2 Å². The fraction of sp³-hybridized carbons (Fsp3) is 0.370. The maximum Gasteiger partial charge on any atom is 0.295 e. The summed E-state index contributed by atoms with van der Waals surface area (Å²) in [4.78, 5) is 34.7. The average molecular weight is 509 g/mol. The van der Waals surface area contributed by atoms with Gasteiger partial charge in [-0.1, -0.05) is 6.07 Å². The summed E-state index contributed by atoms with van der Waals surface area (Å²) in [6.07, 6.45) is 1.84. The zero-order valence-corrected chi connectivity index (χ0v) is 22.2. The van der Waals surface area contributed by atoms with E-state index in [1.54, 1.807) is 12.1 Å². The lowest BCUT2D eigenvalue weighted by Gasteiger charge is -2.27. The van der Waals surface area contributed by atoms with Crippen LogP contribution in [0.3, 0.4) is 0 Å². The highest BCUT2D eigenvalue weighted by Crippen LogP contribution is 2.45. The summed E-state index contributed by atoms with van der Waals surface area (Å²) < 4.78 is 18.3. The molecule has 3 heterocycles. The van der Waals surface area contributed by atoms with E-state index in [4.69, 9.17) is 14.2 Å². The first-order chi connectivity index (χ1) is 17.6. The number of Topliss-reactive ketones (excluding diaryl/α,β-unsaturated/α-hetero) is 1. The van der Waals surface area contributed by atoms with Crippen LogP contribution in [0, 0.1) is 13.8 Å². The fourth-order valence-electron chi connectivity index (χ4n) is 4.70. The number of fused-ring (bicyclic) bond motifs is 1. The summed E-state index contributed by atoms with van der Waals surface area (Å²) in [5, 5.41) is 11.6. The van der Waals surface area contributed by atoms with Crippen LogP contribution in [-0.2, 0) is 9.59 Å². The Labute approximate surface area is 215 Å².